The van der Waals surface area contributed by atoms with E-state index in [4.69, 9.17) is 4.74 Å². The maximum absolute atomic E-state index is 13.8. The van der Waals surface area contributed by atoms with Gasteiger partial charge in [-0.25, -0.2) is 4.79 Å². The fraction of sp³-hybridized carbons (Fsp3) is 0.391. The maximum atomic E-state index is 13.8. The maximum Gasteiger partial charge on any atom is 0.317 e. The van der Waals surface area contributed by atoms with Crippen LogP contribution in [0.2, 0.25) is 0 Å². The first-order valence-electron chi connectivity index (χ1n) is 10.2. The van der Waals surface area contributed by atoms with E-state index in [1.807, 2.05) is 65.3 Å². The number of likely N-dealkylation sites (tertiary alicyclic amines) is 1. The van der Waals surface area contributed by atoms with Crippen molar-refractivity contribution in [3.8, 4) is 5.75 Å². The van der Waals surface area contributed by atoms with Crippen LogP contribution in [0.15, 0.2) is 48.5 Å². The molecule has 2 aromatic carbocycles. The lowest BCUT2D eigenvalue weighted by Gasteiger charge is -2.38. The van der Waals surface area contributed by atoms with Gasteiger partial charge in [0.2, 0.25) is 5.91 Å². The number of carbonyl (C=O) groups excluding carboxylic acids is 2. The highest BCUT2D eigenvalue weighted by Gasteiger charge is 2.53. The van der Waals surface area contributed by atoms with E-state index in [9.17, 15) is 9.59 Å². The number of hydrogen-bond donors (Lipinski definition) is 1. The molecule has 152 valence electrons. The summed E-state index contributed by atoms with van der Waals surface area (Å²) in [5.74, 6) is 0.825. The normalized spacial score (nSPS) is 17.4. The molecule has 1 fully saturated rings. The molecule has 2 aromatic rings. The van der Waals surface area contributed by atoms with Crippen molar-refractivity contribution in [1.82, 2.24) is 10.2 Å². The number of nitrogens with one attached hydrogen (secondary N) is 1. The van der Waals surface area contributed by atoms with Crippen molar-refractivity contribution in [1.29, 1.82) is 0 Å². The highest BCUT2D eigenvalue weighted by molar-refractivity contribution is 6.09. The Kier molecular flexibility index (Phi) is 5.18. The minimum Gasteiger partial charge on any atom is -0.495 e. The summed E-state index contributed by atoms with van der Waals surface area (Å²) >= 11 is 0. The highest BCUT2D eigenvalue weighted by Crippen LogP contribution is 2.51. The van der Waals surface area contributed by atoms with E-state index in [1.54, 1.807) is 7.11 Å². The Morgan fingerprint density at radius 3 is 2.48 bits per heavy atom. The van der Waals surface area contributed by atoms with Gasteiger partial charge in [-0.3, -0.25) is 4.79 Å². The summed E-state index contributed by atoms with van der Waals surface area (Å²) in [6, 6.07) is 15.9. The molecule has 1 N–H and O–H groups in total. The number of anilines is 1. The Balaban J connectivity index is 1.68. The lowest BCUT2D eigenvalue weighted by molar-refractivity contribution is -0.124. The standard InChI is InChI=1S/C23H27N3O3/c1-3-24-22(28)25-14-12-23(13-15-25)18-10-7-11-19(29-2)20(18)26(21(23)27)16-17-8-5-4-6-9-17/h4-11H,3,12-16H2,1-2H3,(H,24,28). The van der Waals surface area contributed by atoms with E-state index >= 15 is 0 Å². The Morgan fingerprint density at radius 2 is 1.83 bits per heavy atom. The molecule has 2 aliphatic rings. The third-order valence-electron chi connectivity index (χ3n) is 6.07. The van der Waals surface area contributed by atoms with Gasteiger partial charge in [0, 0.05) is 19.6 Å². The van der Waals surface area contributed by atoms with Crippen molar-refractivity contribution < 1.29 is 14.3 Å². The first kappa shape index (κ1) is 19.3. The summed E-state index contributed by atoms with van der Waals surface area (Å²) in [5.41, 5.74) is 2.37. The molecule has 0 bridgehead atoms. The molecule has 0 aromatic heterocycles. The number of ether oxygens (including phenoxy) is 1. The SMILES string of the molecule is CCNC(=O)N1CCC2(CC1)C(=O)N(Cc1ccccc1)c1c(OC)cccc12. The van der Waals surface area contributed by atoms with Gasteiger partial charge < -0.3 is 19.9 Å². The molecule has 6 heteroatoms. The smallest absolute Gasteiger partial charge is 0.317 e. The van der Waals surface area contributed by atoms with Crippen molar-refractivity contribution in [2.45, 2.75) is 31.7 Å². The van der Waals surface area contributed by atoms with Crippen molar-refractivity contribution in [2.24, 2.45) is 0 Å². The lowest BCUT2D eigenvalue weighted by atomic mass is 9.73. The minimum atomic E-state index is -0.596. The largest absolute Gasteiger partial charge is 0.495 e. The van der Waals surface area contributed by atoms with Crippen molar-refractivity contribution in [3.63, 3.8) is 0 Å². The number of benzene rings is 2. The number of fused-ring (bicyclic) bond motifs is 2. The van der Waals surface area contributed by atoms with E-state index in [2.05, 4.69) is 5.32 Å². The molecular formula is C23H27N3O3. The highest BCUT2D eigenvalue weighted by atomic mass is 16.5. The molecule has 1 spiro atoms. The van der Waals surface area contributed by atoms with Crippen molar-refractivity contribution >= 4 is 17.6 Å². The molecular weight excluding hydrogens is 366 g/mol. The number of nitrogens with zero attached hydrogens (tertiary/aromatic N) is 2. The van der Waals surface area contributed by atoms with Crippen molar-refractivity contribution in [3.05, 3.63) is 59.7 Å². The molecule has 4 rings (SSSR count). The quantitative estimate of drug-likeness (QED) is 0.867. The summed E-state index contributed by atoms with van der Waals surface area (Å²) in [4.78, 5) is 29.7. The second-order valence-corrected chi connectivity index (χ2v) is 7.64. The van der Waals surface area contributed by atoms with Crippen LogP contribution in [0.25, 0.3) is 0 Å². The molecule has 0 saturated carbocycles. The third-order valence-corrected chi connectivity index (χ3v) is 6.07. The molecule has 6 nitrogen and oxygen atoms in total. The summed E-state index contributed by atoms with van der Waals surface area (Å²) in [5, 5.41) is 2.86. The van der Waals surface area contributed by atoms with Crippen LogP contribution in [-0.4, -0.2) is 43.6 Å². The lowest BCUT2D eigenvalue weighted by Crippen LogP contribution is -2.52. The van der Waals surface area contributed by atoms with Crippen LogP contribution in [0.4, 0.5) is 10.5 Å². The predicted octanol–water partition coefficient (Wildman–Crippen LogP) is 3.31. The molecule has 29 heavy (non-hydrogen) atoms. The van der Waals surface area contributed by atoms with E-state index in [1.165, 1.54) is 0 Å². The molecule has 2 heterocycles. The Bertz CT molecular complexity index is 905. The first-order valence-corrected chi connectivity index (χ1v) is 10.2. The average molecular weight is 393 g/mol. The zero-order valence-corrected chi connectivity index (χ0v) is 17.0. The Labute approximate surface area is 171 Å². The van der Waals surface area contributed by atoms with Crippen LogP contribution in [0, 0.1) is 0 Å². The fourth-order valence-corrected chi connectivity index (χ4v) is 4.58. The number of carbonyl (C=O) groups is 2. The van der Waals surface area contributed by atoms with E-state index in [-0.39, 0.29) is 11.9 Å². The first-order chi connectivity index (χ1) is 14.1. The van der Waals surface area contributed by atoms with Crippen LogP contribution in [-0.2, 0) is 16.8 Å². The monoisotopic (exact) mass is 393 g/mol. The predicted molar refractivity (Wildman–Crippen MR) is 112 cm³/mol. The second kappa shape index (κ2) is 7.78. The van der Waals surface area contributed by atoms with Crippen LogP contribution >= 0.6 is 0 Å². The summed E-state index contributed by atoms with van der Waals surface area (Å²) < 4.78 is 5.63. The molecule has 0 unspecified atom stereocenters. The minimum absolute atomic E-state index is 0.0557. The van der Waals surface area contributed by atoms with E-state index < -0.39 is 5.41 Å². The van der Waals surface area contributed by atoms with Crippen LogP contribution < -0.4 is 15.0 Å². The molecule has 0 aliphatic carbocycles. The average Bonchev–Trinajstić information content (AvgIpc) is 2.98. The molecule has 1 saturated heterocycles. The van der Waals surface area contributed by atoms with Gasteiger partial charge in [-0.15, -0.1) is 0 Å². The summed E-state index contributed by atoms with van der Waals surface area (Å²) in [7, 11) is 1.64. The number of piperidine rings is 1. The van der Waals surface area contributed by atoms with Crippen molar-refractivity contribution in [2.75, 3.05) is 31.6 Å². The zero-order chi connectivity index (χ0) is 20.4. The van der Waals surface area contributed by atoms with Gasteiger partial charge in [0.25, 0.3) is 0 Å². The van der Waals surface area contributed by atoms with Gasteiger partial charge in [-0.2, -0.15) is 0 Å². The summed E-state index contributed by atoms with van der Waals surface area (Å²) in [6.07, 6.45) is 1.24. The van der Waals surface area contributed by atoms with E-state index in [0.717, 1.165) is 22.6 Å². The van der Waals surface area contributed by atoms with Gasteiger partial charge >= 0.3 is 6.03 Å². The number of urea groups is 1. The number of hydrogen-bond acceptors (Lipinski definition) is 3. The Morgan fingerprint density at radius 1 is 1.10 bits per heavy atom. The van der Waals surface area contributed by atoms with Gasteiger partial charge in [-0.1, -0.05) is 42.5 Å². The number of para-hydroxylation sites is 1. The van der Waals surface area contributed by atoms with Gasteiger partial charge in [0.05, 0.1) is 24.8 Å². The second-order valence-electron chi connectivity index (χ2n) is 7.64. The number of rotatable bonds is 4. The molecule has 2 aliphatic heterocycles. The molecule has 0 atom stereocenters. The topological polar surface area (TPSA) is 61.9 Å². The van der Waals surface area contributed by atoms with Gasteiger partial charge in [0.1, 0.15) is 5.75 Å². The van der Waals surface area contributed by atoms with Crippen LogP contribution in [0.3, 0.4) is 0 Å². The Hall–Kier alpha value is -3.02. The van der Waals surface area contributed by atoms with Crippen LogP contribution in [0.5, 0.6) is 5.75 Å². The number of amides is 3. The van der Waals surface area contributed by atoms with Crippen LogP contribution in [0.1, 0.15) is 30.9 Å². The summed E-state index contributed by atoms with van der Waals surface area (Å²) in [6.45, 7) is 4.15. The molecule has 0 radical (unpaired) electrons. The molecule has 3 amide bonds. The fourth-order valence-electron chi connectivity index (χ4n) is 4.58. The van der Waals surface area contributed by atoms with Gasteiger partial charge in [-0.05, 0) is 37.0 Å². The van der Waals surface area contributed by atoms with E-state index in [0.29, 0.717) is 39.0 Å². The number of methoxy groups -OCH3 is 1. The third kappa shape index (κ3) is 3.22. The zero-order valence-electron chi connectivity index (χ0n) is 17.0. The van der Waals surface area contributed by atoms with Gasteiger partial charge in [0.15, 0.2) is 0 Å².